The molecule has 4 rings (SSSR count). The van der Waals surface area contributed by atoms with E-state index < -0.39 is 0 Å². The fraction of sp³-hybridized carbons (Fsp3) is 0.500. The van der Waals surface area contributed by atoms with Gasteiger partial charge < -0.3 is 15.2 Å². The lowest BCUT2D eigenvalue weighted by molar-refractivity contribution is 0.359. The van der Waals surface area contributed by atoms with E-state index in [2.05, 4.69) is 63.3 Å². The van der Waals surface area contributed by atoms with E-state index in [0.717, 1.165) is 29.7 Å². The summed E-state index contributed by atoms with van der Waals surface area (Å²) in [6.07, 6.45) is 2.06. The maximum atomic E-state index is 11.3. The second kappa shape index (κ2) is 6.87. The molecule has 0 amide bonds. The molecule has 0 aromatic heterocycles. The Kier molecular flexibility index (Phi) is 4.67. The van der Waals surface area contributed by atoms with E-state index in [1.807, 2.05) is 0 Å². The first kappa shape index (κ1) is 18.4. The minimum atomic E-state index is 0.173. The van der Waals surface area contributed by atoms with Gasteiger partial charge in [-0.15, -0.1) is 0 Å². The lowest BCUT2D eigenvalue weighted by Crippen LogP contribution is -2.36. The van der Waals surface area contributed by atoms with E-state index in [1.54, 1.807) is 7.11 Å². The van der Waals surface area contributed by atoms with Crippen LogP contribution in [0.4, 0.5) is 0 Å². The monoisotopic (exact) mass is 365 g/mol. The molecule has 0 fully saturated rings. The van der Waals surface area contributed by atoms with Gasteiger partial charge in [-0.1, -0.05) is 38.1 Å². The van der Waals surface area contributed by atoms with E-state index in [4.69, 9.17) is 4.74 Å². The predicted octanol–water partition coefficient (Wildman–Crippen LogP) is 5.27. The van der Waals surface area contributed by atoms with Gasteiger partial charge in [0.25, 0.3) is 0 Å². The van der Waals surface area contributed by atoms with Crippen LogP contribution in [-0.4, -0.2) is 18.3 Å². The molecule has 5 atom stereocenters. The molecule has 0 saturated carbocycles. The number of hydrogen-bond acceptors (Lipinski definition) is 3. The van der Waals surface area contributed by atoms with Crippen LogP contribution >= 0.6 is 0 Å². The van der Waals surface area contributed by atoms with Gasteiger partial charge in [-0.3, -0.25) is 0 Å². The molecule has 1 aliphatic heterocycles. The molecular formula is C24H31NO2. The van der Waals surface area contributed by atoms with Crippen LogP contribution in [0.5, 0.6) is 11.5 Å². The summed E-state index contributed by atoms with van der Waals surface area (Å²) in [7, 11) is 1.75. The van der Waals surface area contributed by atoms with Crippen molar-refractivity contribution in [2.45, 2.75) is 64.5 Å². The fourth-order valence-corrected chi connectivity index (χ4v) is 5.61. The van der Waals surface area contributed by atoms with E-state index in [0.29, 0.717) is 23.6 Å². The summed E-state index contributed by atoms with van der Waals surface area (Å²) in [5.74, 6) is 2.58. The van der Waals surface area contributed by atoms with Crippen LogP contribution in [0.3, 0.4) is 0 Å². The molecule has 2 aliphatic rings. The Balaban J connectivity index is 1.88. The number of hydrogen-bond donors (Lipinski definition) is 2. The standard InChI is InChI=1S/C24H31NO2/c1-13-11-14(2)22-18(7-6-8-20(22)27-5)21(13)19-10-9-17-12-15(3)25-16(4)23(17)24(19)26/h6-10,13-16,21,25-26H,11-12H2,1-5H3/t13-,14+,15-,16-,21-/m1/s1. The lowest BCUT2D eigenvalue weighted by atomic mass is 9.68. The summed E-state index contributed by atoms with van der Waals surface area (Å²) in [5, 5.41) is 14.9. The van der Waals surface area contributed by atoms with Crippen molar-refractivity contribution < 1.29 is 9.84 Å². The molecule has 0 bridgehead atoms. The Morgan fingerprint density at radius 1 is 1.00 bits per heavy atom. The Hall–Kier alpha value is -2.00. The molecule has 2 N–H and O–H groups in total. The Morgan fingerprint density at radius 2 is 1.78 bits per heavy atom. The van der Waals surface area contributed by atoms with Crippen molar-refractivity contribution in [2.24, 2.45) is 5.92 Å². The average molecular weight is 366 g/mol. The zero-order valence-electron chi connectivity index (χ0n) is 17.0. The Bertz CT molecular complexity index is 860. The number of aromatic hydroxyl groups is 1. The zero-order valence-corrected chi connectivity index (χ0v) is 17.0. The summed E-state index contributed by atoms with van der Waals surface area (Å²) in [5.41, 5.74) is 6.03. The predicted molar refractivity (Wildman–Crippen MR) is 110 cm³/mol. The van der Waals surface area contributed by atoms with Gasteiger partial charge in [0, 0.05) is 34.7 Å². The minimum absolute atomic E-state index is 0.173. The van der Waals surface area contributed by atoms with Gasteiger partial charge in [0.15, 0.2) is 0 Å². The largest absolute Gasteiger partial charge is 0.507 e. The van der Waals surface area contributed by atoms with Crippen LogP contribution in [0.2, 0.25) is 0 Å². The molecule has 0 spiro atoms. The number of nitrogens with one attached hydrogen (secondary N) is 1. The molecule has 3 nitrogen and oxygen atoms in total. The summed E-state index contributed by atoms with van der Waals surface area (Å²) < 4.78 is 5.68. The van der Waals surface area contributed by atoms with Crippen molar-refractivity contribution in [3.05, 3.63) is 58.1 Å². The van der Waals surface area contributed by atoms with Crippen molar-refractivity contribution in [3.63, 3.8) is 0 Å². The van der Waals surface area contributed by atoms with Crippen LogP contribution in [0, 0.1) is 5.92 Å². The molecule has 1 heterocycles. The number of phenols is 1. The Morgan fingerprint density at radius 3 is 2.52 bits per heavy atom. The molecule has 27 heavy (non-hydrogen) atoms. The lowest BCUT2D eigenvalue weighted by Gasteiger charge is -2.38. The topological polar surface area (TPSA) is 41.5 Å². The number of fused-ring (bicyclic) bond motifs is 2. The molecule has 2 aromatic carbocycles. The summed E-state index contributed by atoms with van der Waals surface area (Å²) >= 11 is 0. The first-order valence-electron chi connectivity index (χ1n) is 10.2. The molecule has 3 heteroatoms. The quantitative estimate of drug-likeness (QED) is 0.762. The molecule has 2 aromatic rings. The molecular weight excluding hydrogens is 334 g/mol. The van der Waals surface area contributed by atoms with Crippen LogP contribution in [0.1, 0.15) is 79.8 Å². The number of benzene rings is 2. The van der Waals surface area contributed by atoms with Crippen LogP contribution < -0.4 is 10.1 Å². The minimum Gasteiger partial charge on any atom is -0.507 e. The highest BCUT2D eigenvalue weighted by Crippen LogP contribution is 2.51. The highest BCUT2D eigenvalue weighted by Gasteiger charge is 2.36. The average Bonchev–Trinajstić information content (AvgIpc) is 2.62. The second-order valence-electron chi connectivity index (χ2n) is 8.62. The Labute approximate surface area is 162 Å². The fourth-order valence-electron chi connectivity index (χ4n) is 5.61. The third-order valence-electron chi connectivity index (χ3n) is 6.61. The van der Waals surface area contributed by atoms with E-state index in [9.17, 15) is 5.11 Å². The van der Waals surface area contributed by atoms with Gasteiger partial charge >= 0.3 is 0 Å². The second-order valence-corrected chi connectivity index (χ2v) is 8.62. The van der Waals surface area contributed by atoms with Crippen molar-refractivity contribution in [2.75, 3.05) is 7.11 Å². The third-order valence-corrected chi connectivity index (χ3v) is 6.61. The number of rotatable bonds is 2. The van der Waals surface area contributed by atoms with Crippen molar-refractivity contribution in [3.8, 4) is 11.5 Å². The number of ether oxygens (including phenoxy) is 1. The summed E-state index contributed by atoms with van der Waals surface area (Å²) in [4.78, 5) is 0. The molecule has 0 saturated heterocycles. The van der Waals surface area contributed by atoms with Crippen molar-refractivity contribution in [1.29, 1.82) is 0 Å². The van der Waals surface area contributed by atoms with Crippen molar-refractivity contribution >= 4 is 0 Å². The zero-order chi connectivity index (χ0) is 19.3. The first-order chi connectivity index (χ1) is 12.9. The maximum absolute atomic E-state index is 11.3. The van der Waals surface area contributed by atoms with Gasteiger partial charge in [0.1, 0.15) is 11.5 Å². The van der Waals surface area contributed by atoms with E-state index in [-0.39, 0.29) is 12.0 Å². The van der Waals surface area contributed by atoms with Crippen molar-refractivity contribution in [1.82, 2.24) is 5.32 Å². The van der Waals surface area contributed by atoms with Crippen LogP contribution in [0.15, 0.2) is 30.3 Å². The maximum Gasteiger partial charge on any atom is 0.124 e. The molecule has 1 aliphatic carbocycles. The normalized spacial score (nSPS) is 29.7. The van der Waals surface area contributed by atoms with Gasteiger partial charge in [0.05, 0.1) is 7.11 Å². The molecule has 144 valence electrons. The smallest absolute Gasteiger partial charge is 0.124 e. The molecule has 0 unspecified atom stereocenters. The van der Waals surface area contributed by atoms with Gasteiger partial charge in [-0.25, -0.2) is 0 Å². The highest BCUT2D eigenvalue weighted by molar-refractivity contribution is 5.56. The number of methoxy groups -OCH3 is 1. The molecule has 0 radical (unpaired) electrons. The van der Waals surface area contributed by atoms with Gasteiger partial charge in [-0.2, -0.15) is 0 Å². The van der Waals surface area contributed by atoms with Crippen LogP contribution in [-0.2, 0) is 6.42 Å². The van der Waals surface area contributed by atoms with E-state index >= 15 is 0 Å². The highest BCUT2D eigenvalue weighted by atomic mass is 16.5. The van der Waals surface area contributed by atoms with Gasteiger partial charge in [0.2, 0.25) is 0 Å². The van der Waals surface area contributed by atoms with Gasteiger partial charge in [-0.05, 0) is 55.7 Å². The first-order valence-corrected chi connectivity index (χ1v) is 10.2. The van der Waals surface area contributed by atoms with Crippen LogP contribution in [0.25, 0.3) is 0 Å². The summed E-state index contributed by atoms with van der Waals surface area (Å²) in [6, 6.07) is 11.4. The van der Waals surface area contributed by atoms with E-state index in [1.165, 1.54) is 16.7 Å². The summed E-state index contributed by atoms with van der Waals surface area (Å²) in [6.45, 7) is 8.96. The third kappa shape index (κ3) is 2.93. The SMILES string of the molecule is COc1cccc2c1[C@@H](C)C[C@@H](C)[C@H]2c1ccc2c(c1O)[C@@H](C)N[C@H](C)C2. The number of phenolic OH excluding ortho intramolecular Hbond substituents is 1.